The van der Waals surface area contributed by atoms with Gasteiger partial charge in [-0.05, 0) is 24.0 Å². The van der Waals surface area contributed by atoms with Crippen molar-refractivity contribution in [2.45, 2.75) is 31.4 Å². The minimum atomic E-state index is -0.578. The number of aliphatic hydroxyl groups is 1. The van der Waals surface area contributed by atoms with E-state index >= 15 is 0 Å². The molecular formula is C18H18N2O3. The van der Waals surface area contributed by atoms with E-state index in [0.717, 1.165) is 29.7 Å². The van der Waals surface area contributed by atoms with Crippen LogP contribution < -0.4 is 0 Å². The minimum absolute atomic E-state index is 0.0967. The molecule has 1 aliphatic rings. The molecule has 0 aliphatic carbocycles. The molecule has 0 unspecified atom stereocenters. The average Bonchev–Trinajstić information content (AvgIpc) is 3.04. The molecule has 0 fully saturated rings. The topological polar surface area (TPSA) is 75.7 Å². The van der Waals surface area contributed by atoms with Gasteiger partial charge in [-0.25, -0.2) is 0 Å². The lowest BCUT2D eigenvalue weighted by Crippen LogP contribution is -2.13. The maximum Gasteiger partial charge on any atom is 0.269 e. The number of hydrogen-bond donors (Lipinski definition) is 1. The van der Waals surface area contributed by atoms with Crippen molar-refractivity contribution < 1.29 is 10.0 Å². The molecule has 118 valence electrons. The summed E-state index contributed by atoms with van der Waals surface area (Å²) in [4.78, 5) is 14.9. The highest BCUT2D eigenvalue weighted by Crippen LogP contribution is 2.28. The van der Waals surface area contributed by atoms with Crippen molar-refractivity contribution in [1.82, 2.24) is 0 Å². The maximum absolute atomic E-state index is 10.7. The van der Waals surface area contributed by atoms with Crippen LogP contribution in [-0.4, -0.2) is 21.8 Å². The van der Waals surface area contributed by atoms with Crippen LogP contribution in [0.2, 0.25) is 0 Å². The summed E-state index contributed by atoms with van der Waals surface area (Å²) in [5, 5.41) is 21.1. The molecule has 0 saturated heterocycles. The molecule has 2 atom stereocenters. The molecule has 5 heteroatoms. The van der Waals surface area contributed by atoms with E-state index < -0.39 is 11.0 Å². The van der Waals surface area contributed by atoms with Crippen molar-refractivity contribution in [2.75, 3.05) is 0 Å². The van der Waals surface area contributed by atoms with Crippen molar-refractivity contribution in [1.29, 1.82) is 0 Å². The molecule has 1 aliphatic heterocycles. The largest absolute Gasteiger partial charge is 0.386 e. The van der Waals surface area contributed by atoms with Crippen LogP contribution in [0.25, 0.3) is 0 Å². The van der Waals surface area contributed by atoms with Gasteiger partial charge in [-0.15, -0.1) is 0 Å². The van der Waals surface area contributed by atoms with E-state index in [-0.39, 0.29) is 11.7 Å². The Hall–Kier alpha value is -2.53. The molecule has 3 rings (SSSR count). The molecular weight excluding hydrogens is 292 g/mol. The predicted octanol–water partition coefficient (Wildman–Crippen LogP) is 3.47. The SMILES string of the molecule is O=[N+]([O-])c1ccc(CC2=N[C@@H]([C@H](O)c3ccccc3)CC2)cc1. The highest BCUT2D eigenvalue weighted by atomic mass is 16.6. The summed E-state index contributed by atoms with van der Waals surface area (Å²) in [5.74, 6) is 0. The number of benzene rings is 2. The Morgan fingerprint density at radius 1 is 1.17 bits per heavy atom. The Morgan fingerprint density at radius 2 is 1.87 bits per heavy atom. The van der Waals surface area contributed by atoms with Gasteiger partial charge in [0.25, 0.3) is 5.69 Å². The molecule has 1 N–H and O–H groups in total. The fourth-order valence-corrected chi connectivity index (χ4v) is 2.88. The molecule has 0 saturated carbocycles. The summed E-state index contributed by atoms with van der Waals surface area (Å²) in [6.07, 6.45) is 1.78. The summed E-state index contributed by atoms with van der Waals surface area (Å²) in [6.45, 7) is 0. The zero-order valence-electron chi connectivity index (χ0n) is 12.6. The zero-order valence-corrected chi connectivity index (χ0v) is 12.6. The van der Waals surface area contributed by atoms with Gasteiger partial charge in [-0.2, -0.15) is 0 Å². The Morgan fingerprint density at radius 3 is 2.52 bits per heavy atom. The van der Waals surface area contributed by atoms with Crippen LogP contribution in [0.4, 0.5) is 5.69 Å². The van der Waals surface area contributed by atoms with Gasteiger partial charge in [-0.3, -0.25) is 15.1 Å². The number of non-ortho nitro benzene ring substituents is 1. The van der Waals surface area contributed by atoms with E-state index in [4.69, 9.17) is 0 Å². The first-order valence-electron chi connectivity index (χ1n) is 7.65. The van der Waals surface area contributed by atoms with Gasteiger partial charge < -0.3 is 5.11 Å². The lowest BCUT2D eigenvalue weighted by Gasteiger charge is -2.15. The summed E-state index contributed by atoms with van der Waals surface area (Å²) >= 11 is 0. The number of aliphatic imine (C=N–C) groups is 1. The van der Waals surface area contributed by atoms with Crippen molar-refractivity contribution in [3.63, 3.8) is 0 Å². The second-order valence-electron chi connectivity index (χ2n) is 5.76. The highest BCUT2D eigenvalue weighted by Gasteiger charge is 2.25. The third kappa shape index (κ3) is 3.63. The summed E-state index contributed by atoms with van der Waals surface area (Å²) in [7, 11) is 0. The van der Waals surface area contributed by atoms with Crippen molar-refractivity contribution >= 4 is 11.4 Å². The highest BCUT2D eigenvalue weighted by molar-refractivity contribution is 5.88. The van der Waals surface area contributed by atoms with Gasteiger partial charge in [0.1, 0.15) is 6.10 Å². The maximum atomic E-state index is 10.7. The van der Waals surface area contributed by atoms with Crippen LogP contribution in [0.1, 0.15) is 30.1 Å². The standard InChI is InChI=1S/C18H18N2O3/c21-18(14-4-2-1-3-5-14)17-11-8-15(19-17)12-13-6-9-16(10-7-13)20(22)23/h1-7,9-10,17-18,21H,8,11-12H2/t17-,18-/m1/s1. The summed E-state index contributed by atoms with van der Waals surface area (Å²) in [6, 6.07) is 16.0. The van der Waals surface area contributed by atoms with Crippen molar-refractivity contribution in [2.24, 2.45) is 4.99 Å². The van der Waals surface area contributed by atoms with E-state index in [1.807, 2.05) is 30.3 Å². The number of nitro groups is 1. The second-order valence-corrected chi connectivity index (χ2v) is 5.76. The molecule has 5 nitrogen and oxygen atoms in total. The lowest BCUT2D eigenvalue weighted by molar-refractivity contribution is -0.384. The quantitative estimate of drug-likeness (QED) is 0.678. The molecule has 0 amide bonds. The lowest BCUT2D eigenvalue weighted by atomic mass is 10.00. The van der Waals surface area contributed by atoms with Crippen LogP contribution in [0.15, 0.2) is 59.6 Å². The second kappa shape index (κ2) is 6.71. The normalized spacial score (nSPS) is 18.5. The number of nitrogens with zero attached hydrogens (tertiary/aromatic N) is 2. The molecule has 1 heterocycles. The van der Waals surface area contributed by atoms with E-state index in [9.17, 15) is 15.2 Å². The first-order chi connectivity index (χ1) is 11.1. The fraction of sp³-hybridized carbons (Fsp3) is 0.278. The van der Waals surface area contributed by atoms with Crippen LogP contribution >= 0.6 is 0 Å². The molecule has 0 spiro atoms. The molecule has 0 bridgehead atoms. The summed E-state index contributed by atoms with van der Waals surface area (Å²) < 4.78 is 0. The Labute approximate surface area is 134 Å². The molecule has 0 aromatic heterocycles. The Kier molecular flexibility index (Phi) is 4.48. The number of aliphatic hydroxyl groups excluding tert-OH is 1. The first-order valence-corrected chi connectivity index (χ1v) is 7.65. The van der Waals surface area contributed by atoms with Gasteiger partial charge in [0.15, 0.2) is 0 Å². The third-order valence-electron chi connectivity index (χ3n) is 4.14. The Bertz CT molecular complexity index is 711. The van der Waals surface area contributed by atoms with Crippen molar-refractivity contribution in [3.8, 4) is 0 Å². The molecule has 23 heavy (non-hydrogen) atoms. The third-order valence-corrected chi connectivity index (χ3v) is 4.14. The summed E-state index contributed by atoms with van der Waals surface area (Å²) in [5.41, 5.74) is 3.03. The number of rotatable bonds is 5. The van der Waals surface area contributed by atoms with E-state index in [1.54, 1.807) is 12.1 Å². The van der Waals surface area contributed by atoms with Gasteiger partial charge in [0.2, 0.25) is 0 Å². The van der Waals surface area contributed by atoms with E-state index in [2.05, 4.69) is 4.99 Å². The van der Waals surface area contributed by atoms with Crippen LogP contribution in [-0.2, 0) is 6.42 Å². The van der Waals surface area contributed by atoms with Gasteiger partial charge in [0, 0.05) is 24.3 Å². The molecule has 0 radical (unpaired) electrons. The van der Waals surface area contributed by atoms with Gasteiger partial charge >= 0.3 is 0 Å². The number of nitro benzene ring substituents is 1. The average molecular weight is 310 g/mol. The minimum Gasteiger partial charge on any atom is -0.386 e. The van der Waals surface area contributed by atoms with Crippen LogP contribution in [0.3, 0.4) is 0 Å². The molecule has 2 aromatic carbocycles. The zero-order chi connectivity index (χ0) is 16.2. The van der Waals surface area contributed by atoms with Crippen LogP contribution in [0.5, 0.6) is 0 Å². The van der Waals surface area contributed by atoms with E-state index in [1.165, 1.54) is 12.1 Å². The first kappa shape index (κ1) is 15.4. The smallest absolute Gasteiger partial charge is 0.269 e. The monoisotopic (exact) mass is 310 g/mol. The molecule has 2 aromatic rings. The predicted molar refractivity (Wildman–Crippen MR) is 88.7 cm³/mol. The van der Waals surface area contributed by atoms with Crippen LogP contribution in [0, 0.1) is 10.1 Å². The fourth-order valence-electron chi connectivity index (χ4n) is 2.88. The van der Waals surface area contributed by atoms with Crippen molar-refractivity contribution in [3.05, 3.63) is 75.8 Å². The van der Waals surface area contributed by atoms with E-state index in [0.29, 0.717) is 6.42 Å². The number of hydrogen-bond acceptors (Lipinski definition) is 4. The van der Waals surface area contributed by atoms with Gasteiger partial charge in [0.05, 0.1) is 11.0 Å². The van der Waals surface area contributed by atoms with Gasteiger partial charge in [-0.1, -0.05) is 42.5 Å². The Balaban J connectivity index is 1.66.